The lowest BCUT2D eigenvalue weighted by atomic mass is 10.0. The Bertz CT molecular complexity index is 1280. The zero-order chi connectivity index (χ0) is 59.2. The lowest BCUT2D eigenvalue weighted by Crippen LogP contribution is -2.30. The SMILES string of the molecule is CCCCCCCCCC/C=C\CCCCCCCCCCCCCCCCCCCCCC(=O)OCC(COC(=O)CCCCCCCCCCC)OC(=O)CCCCCCCCCCCCCCCCCCCCCCCCCC. The number of esters is 3. The Labute approximate surface area is 513 Å². The van der Waals surface area contributed by atoms with Crippen LogP contribution in [0.3, 0.4) is 0 Å². The van der Waals surface area contributed by atoms with Gasteiger partial charge in [-0.05, 0) is 44.9 Å². The Kier molecular flexibility index (Phi) is 70.0. The van der Waals surface area contributed by atoms with Gasteiger partial charge in [0.1, 0.15) is 13.2 Å². The molecule has 0 aliphatic heterocycles. The van der Waals surface area contributed by atoms with Crippen LogP contribution in [-0.4, -0.2) is 37.2 Å². The molecule has 1 unspecified atom stereocenters. The van der Waals surface area contributed by atoms with Crippen molar-refractivity contribution in [2.45, 2.75) is 444 Å². The second-order valence-corrected chi connectivity index (χ2v) is 25.9. The van der Waals surface area contributed by atoms with E-state index in [1.165, 1.54) is 340 Å². The molecule has 0 aliphatic carbocycles. The van der Waals surface area contributed by atoms with E-state index < -0.39 is 6.10 Å². The second-order valence-electron chi connectivity index (χ2n) is 25.9. The zero-order valence-electron chi connectivity index (χ0n) is 56.1. The molecule has 0 heterocycles. The predicted octanol–water partition coefficient (Wildman–Crippen LogP) is 26.0. The number of allylic oxidation sites excluding steroid dienone is 2. The summed E-state index contributed by atoms with van der Waals surface area (Å²) >= 11 is 0. The summed E-state index contributed by atoms with van der Waals surface area (Å²) in [5.41, 5.74) is 0. The molecule has 0 bridgehead atoms. The number of unbranched alkanes of at least 4 members (excludes halogenated alkanes) is 58. The van der Waals surface area contributed by atoms with Crippen molar-refractivity contribution >= 4 is 17.9 Å². The van der Waals surface area contributed by atoms with Crippen LogP contribution in [0.25, 0.3) is 0 Å². The van der Waals surface area contributed by atoms with Crippen LogP contribution in [-0.2, 0) is 28.6 Å². The van der Waals surface area contributed by atoms with Crippen LogP contribution >= 0.6 is 0 Å². The molecule has 0 radical (unpaired) electrons. The van der Waals surface area contributed by atoms with Gasteiger partial charge in [-0.2, -0.15) is 0 Å². The highest BCUT2D eigenvalue weighted by Crippen LogP contribution is 2.20. The Morgan fingerprint density at radius 1 is 0.232 bits per heavy atom. The summed E-state index contributed by atoms with van der Waals surface area (Å²) in [5, 5.41) is 0. The number of rotatable bonds is 71. The quantitative estimate of drug-likeness (QED) is 0.0261. The zero-order valence-corrected chi connectivity index (χ0v) is 56.1. The smallest absolute Gasteiger partial charge is 0.306 e. The van der Waals surface area contributed by atoms with E-state index in [9.17, 15) is 14.4 Å². The topological polar surface area (TPSA) is 78.9 Å². The fourth-order valence-corrected chi connectivity index (χ4v) is 11.9. The molecule has 0 aromatic heterocycles. The molecule has 82 heavy (non-hydrogen) atoms. The number of hydrogen-bond acceptors (Lipinski definition) is 6. The molecule has 0 spiro atoms. The predicted molar refractivity (Wildman–Crippen MR) is 358 cm³/mol. The summed E-state index contributed by atoms with van der Waals surface area (Å²) in [4.78, 5) is 38.3. The van der Waals surface area contributed by atoms with E-state index >= 15 is 0 Å². The minimum absolute atomic E-state index is 0.0621. The molecule has 6 nitrogen and oxygen atoms in total. The van der Waals surface area contributed by atoms with Crippen LogP contribution in [0.15, 0.2) is 12.2 Å². The number of hydrogen-bond donors (Lipinski definition) is 0. The van der Waals surface area contributed by atoms with Gasteiger partial charge in [0.05, 0.1) is 0 Å². The van der Waals surface area contributed by atoms with Gasteiger partial charge in [-0.3, -0.25) is 14.4 Å². The van der Waals surface area contributed by atoms with E-state index in [2.05, 4.69) is 32.9 Å². The molecule has 0 saturated heterocycles. The van der Waals surface area contributed by atoms with Gasteiger partial charge in [-0.1, -0.05) is 386 Å². The van der Waals surface area contributed by atoms with Gasteiger partial charge in [-0.25, -0.2) is 0 Å². The molecule has 486 valence electrons. The summed E-state index contributed by atoms with van der Waals surface area (Å²) in [6, 6.07) is 0. The van der Waals surface area contributed by atoms with Crippen LogP contribution in [0.1, 0.15) is 438 Å². The van der Waals surface area contributed by atoms with E-state index in [0.717, 1.165) is 57.8 Å². The molecule has 0 aromatic carbocycles. The van der Waals surface area contributed by atoms with Crippen LogP contribution in [0.2, 0.25) is 0 Å². The standard InChI is InChI=1S/C76H146O6/c1-4-7-10-13-16-19-21-23-25-27-29-31-33-35-36-37-38-39-40-41-43-44-46-48-50-52-54-57-60-63-66-69-75(78)81-72-73(71-80-74(77)68-65-62-59-56-18-15-12-9-6-3)82-76(79)70-67-64-61-58-55-53-51-49-47-45-42-34-32-30-28-26-24-22-20-17-14-11-8-5-2/h27,29,73H,4-26,28,30-72H2,1-3H3/b29-27-. The van der Waals surface area contributed by atoms with E-state index in [1.807, 2.05) is 0 Å². The van der Waals surface area contributed by atoms with Crippen molar-refractivity contribution in [3.63, 3.8) is 0 Å². The molecule has 0 saturated carbocycles. The first-order valence-electron chi connectivity index (χ1n) is 37.7. The largest absolute Gasteiger partial charge is 0.462 e. The van der Waals surface area contributed by atoms with Crippen molar-refractivity contribution in [1.29, 1.82) is 0 Å². The minimum atomic E-state index is -0.764. The molecular weight excluding hydrogens is 1010 g/mol. The van der Waals surface area contributed by atoms with Gasteiger partial charge in [-0.15, -0.1) is 0 Å². The first-order valence-corrected chi connectivity index (χ1v) is 37.7. The highest BCUT2D eigenvalue weighted by atomic mass is 16.6. The van der Waals surface area contributed by atoms with E-state index in [-0.39, 0.29) is 31.1 Å². The third kappa shape index (κ3) is 68.9. The molecule has 0 aromatic rings. The average Bonchev–Trinajstić information content (AvgIpc) is 3.48. The van der Waals surface area contributed by atoms with Crippen molar-refractivity contribution in [3.8, 4) is 0 Å². The highest BCUT2D eigenvalue weighted by molar-refractivity contribution is 5.71. The Hall–Kier alpha value is -1.85. The molecule has 1 atom stereocenters. The fraction of sp³-hybridized carbons (Fsp3) is 0.934. The summed E-state index contributed by atoms with van der Waals surface area (Å²) in [5.74, 6) is -0.828. The lowest BCUT2D eigenvalue weighted by Gasteiger charge is -2.18. The third-order valence-corrected chi connectivity index (χ3v) is 17.5. The molecule has 0 fully saturated rings. The van der Waals surface area contributed by atoms with Gasteiger partial charge in [0.15, 0.2) is 6.10 Å². The Morgan fingerprint density at radius 2 is 0.402 bits per heavy atom. The molecular formula is C76H146O6. The molecule has 0 amide bonds. The first kappa shape index (κ1) is 80.2. The van der Waals surface area contributed by atoms with Crippen molar-refractivity contribution < 1.29 is 28.6 Å². The van der Waals surface area contributed by atoms with E-state index in [1.54, 1.807) is 0 Å². The number of carbonyl (C=O) groups is 3. The maximum Gasteiger partial charge on any atom is 0.306 e. The second kappa shape index (κ2) is 71.6. The summed E-state index contributed by atoms with van der Waals surface area (Å²) < 4.78 is 17.0. The number of carbonyl (C=O) groups excluding carboxylic acids is 3. The van der Waals surface area contributed by atoms with E-state index in [0.29, 0.717) is 19.3 Å². The van der Waals surface area contributed by atoms with Gasteiger partial charge in [0, 0.05) is 19.3 Å². The number of ether oxygens (including phenoxy) is 3. The maximum atomic E-state index is 12.9. The van der Waals surface area contributed by atoms with Gasteiger partial charge >= 0.3 is 17.9 Å². The third-order valence-electron chi connectivity index (χ3n) is 17.5. The Morgan fingerprint density at radius 3 is 0.610 bits per heavy atom. The van der Waals surface area contributed by atoms with Crippen molar-refractivity contribution in [2.24, 2.45) is 0 Å². The lowest BCUT2D eigenvalue weighted by molar-refractivity contribution is -0.167. The van der Waals surface area contributed by atoms with Gasteiger partial charge in [0.25, 0.3) is 0 Å². The normalized spacial score (nSPS) is 12.0. The monoisotopic (exact) mass is 1160 g/mol. The highest BCUT2D eigenvalue weighted by Gasteiger charge is 2.20. The fourth-order valence-electron chi connectivity index (χ4n) is 11.9. The summed E-state index contributed by atoms with van der Waals surface area (Å²) in [7, 11) is 0. The average molecular weight is 1160 g/mol. The minimum Gasteiger partial charge on any atom is -0.462 e. The van der Waals surface area contributed by atoms with Crippen molar-refractivity contribution in [3.05, 3.63) is 12.2 Å². The molecule has 6 heteroatoms. The van der Waals surface area contributed by atoms with Gasteiger partial charge in [0.2, 0.25) is 0 Å². The molecule has 0 rings (SSSR count). The maximum absolute atomic E-state index is 12.9. The van der Waals surface area contributed by atoms with Gasteiger partial charge < -0.3 is 14.2 Å². The Balaban J connectivity index is 4.03. The first-order chi connectivity index (χ1) is 40.5. The van der Waals surface area contributed by atoms with Crippen molar-refractivity contribution in [2.75, 3.05) is 13.2 Å². The van der Waals surface area contributed by atoms with E-state index in [4.69, 9.17) is 14.2 Å². The summed E-state index contributed by atoms with van der Waals surface area (Å²) in [6.45, 7) is 6.71. The van der Waals surface area contributed by atoms with Crippen LogP contribution in [0.5, 0.6) is 0 Å². The van der Waals surface area contributed by atoms with Crippen molar-refractivity contribution in [1.82, 2.24) is 0 Å². The van der Waals surface area contributed by atoms with Crippen LogP contribution < -0.4 is 0 Å². The van der Waals surface area contributed by atoms with Crippen LogP contribution in [0.4, 0.5) is 0 Å². The molecule has 0 aliphatic rings. The molecule has 0 N–H and O–H groups in total. The summed E-state index contributed by atoms with van der Waals surface area (Å²) in [6.07, 6.45) is 87.1. The van der Waals surface area contributed by atoms with Crippen LogP contribution in [0, 0.1) is 0 Å².